The molecular formula is C18H21NO5. The van der Waals surface area contributed by atoms with Crippen molar-refractivity contribution in [1.82, 2.24) is 0 Å². The number of nitro groups is 1. The largest absolute Gasteiger partial charge is 0.493 e. The molecule has 0 bridgehead atoms. The van der Waals surface area contributed by atoms with Gasteiger partial charge in [-0.25, -0.2) is 0 Å². The first-order chi connectivity index (χ1) is 11.6. The van der Waals surface area contributed by atoms with Gasteiger partial charge in [-0.2, -0.15) is 0 Å². The maximum Gasteiger partial charge on any atom is 0.315 e. The van der Waals surface area contributed by atoms with Crippen LogP contribution >= 0.6 is 0 Å². The smallest absolute Gasteiger partial charge is 0.315 e. The maximum atomic E-state index is 11.4. The molecule has 0 radical (unpaired) electrons. The van der Waals surface area contributed by atoms with Gasteiger partial charge in [-0.3, -0.25) is 10.1 Å². The molecule has 0 aliphatic carbocycles. The van der Waals surface area contributed by atoms with Crippen LogP contribution in [0, 0.1) is 10.1 Å². The summed E-state index contributed by atoms with van der Waals surface area (Å²) in [6.07, 6.45) is 0.513. The van der Waals surface area contributed by atoms with E-state index in [0.29, 0.717) is 12.0 Å². The molecule has 0 spiro atoms. The molecule has 1 unspecified atom stereocenters. The zero-order valence-corrected chi connectivity index (χ0v) is 13.8. The number of aliphatic hydroxyl groups excluding tert-OH is 1. The summed E-state index contributed by atoms with van der Waals surface area (Å²) in [7, 11) is 1.42. The second-order valence-corrected chi connectivity index (χ2v) is 5.41. The minimum Gasteiger partial charge on any atom is -0.493 e. The summed E-state index contributed by atoms with van der Waals surface area (Å²) < 4.78 is 10.9. The zero-order valence-electron chi connectivity index (χ0n) is 13.8. The average molecular weight is 331 g/mol. The highest BCUT2D eigenvalue weighted by Gasteiger charge is 2.24. The number of hydrogen-bond acceptors (Lipinski definition) is 5. The Morgan fingerprint density at radius 1 is 1.25 bits per heavy atom. The Morgan fingerprint density at radius 2 is 1.96 bits per heavy atom. The predicted molar refractivity (Wildman–Crippen MR) is 90.3 cm³/mol. The monoisotopic (exact) mass is 331 g/mol. The van der Waals surface area contributed by atoms with Gasteiger partial charge < -0.3 is 14.6 Å². The molecule has 2 rings (SSSR count). The van der Waals surface area contributed by atoms with Crippen LogP contribution in [0.5, 0.6) is 11.5 Å². The minimum absolute atomic E-state index is 0.0683. The molecule has 6 nitrogen and oxygen atoms in total. The van der Waals surface area contributed by atoms with Crippen LogP contribution in [0.3, 0.4) is 0 Å². The van der Waals surface area contributed by atoms with Crippen LogP contribution in [0.1, 0.15) is 37.0 Å². The lowest BCUT2D eigenvalue weighted by molar-refractivity contribution is -0.386. The minimum atomic E-state index is -0.772. The second kappa shape index (κ2) is 8.31. The van der Waals surface area contributed by atoms with Crippen LogP contribution in [0.25, 0.3) is 0 Å². The third-order valence-electron chi connectivity index (χ3n) is 3.65. The van der Waals surface area contributed by atoms with E-state index in [1.54, 1.807) is 6.07 Å². The maximum absolute atomic E-state index is 11.4. The molecule has 1 N–H and O–H groups in total. The highest BCUT2D eigenvalue weighted by molar-refractivity contribution is 5.58. The Balaban J connectivity index is 2.36. The molecule has 0 fully saturated rings. The summed E-state index contributed by atoms with van der Waals surface area (Å²) in [5.74, 6) is 0.309. The first kappa shape index (κ1) is 17.7. The Labute approximate surface area is 140 Å². The Kier molecular flexibility index (Phi) is 6.14. The molecule has 0 heterocycles. The zero-order chi connectivity index (χ0) is 17.5. The van der Waals surface area contributed by atoms with Gasteiger partial charge in [0.05, 0.1) is 18.1 Å². The van der Waals surface area contributed by atoms with Crippen molar-refractivity contribution in [2.75, 3.05) is 7.11 Å². The van der Waals surface area contributed by atoms with Crippen LogP contribution in [0.4, 0.5) is 5.69 Å². The van der Waals surface area contributed by atoms with Gasteiger partial charge in [0.1, 0.15) is 6.61 Å². The molecule has 2 aromatic rings. The van der Waals surface area contributed by atoms with Gasteiger partial charge in [0, 0.05) is 6.07 Å². The lowest BCUT2D eigenvalue weighted by Crippen LogP contribution is -2.04. The van der Waals surface area contributed by atoms with Crippen molar-refractivity contribution < 1.29 is 19.5 Å². The summed E-state index contributed by atoms with van der Waals surface area (Å²) >= 11 is 0. The Bertz CT molecular complexity index is 687. The summed E-state index contributed by atoms with van der Waals surface area (Å²) in [6, 6.07) is 12.3. The summed E-state index contributed by atoms with van der Waals surface area (Å²) in [5, 5.41) is 21.5. The van der Waals surface area contributed by atoms with Crippen LogP contribution in [0.2, 0.25) is 0 Å². The molecule has 6 heteroatoms. The van der Waals surface area contributed by atoms with Crippen LogP contribution in [0.15, 0.2) is 42.5 Å². The van der Waals surface area contributed by atoms with Crippen LogP contribution < -0.4 is 9.47 Å². The summed E-state index contributed by atoms with van der Waals surface area (Å²) in [4.78, 5) is 10.9. The molecule has 0 saturated heterocycles. The van der Waals surface area contributed by atoms with E-state index in [1.807, 2.05) is 37.3 Å². The quantitative estimate of drug-likeness (QED) is 0.583. The topological polar surface area (TPSA) is 81.8 Å². The lowest BCUT2D eigenvalue weighted by Gasteiger charge is -2.15. The van der Waals surface area contributed by atoms with Gasteiger partial charge in [-0.05, 0) is 23.6 Å². The SMILES string of the molecule is CCCC(O)c1cc(OC)c(OCc2ccccc2)c([N+](=O)[O-])c1. The number of hydrogen-bond donors (Lipinski definition) is 1. The highest BCUT2D eigenvalue weighted by atomic mass is 16.6. The van der Waals surface area contributed by atoms with Crippen molar-refractivity contribution in [3.8, 4) is 11.5 Å². The molecule has 1 atom stereocenters. The first-order valence-electron chi connectivity index (χ1n) is 7.78. The predicted octanol–water partition coefficient (Wildman–Crippen LogP) is 4.02. The van der Waals surface area contributed by atoms with E-state index in [1.165, 1.54) is 13.2 Å². The van der Waals surface area contributed by atoms with Crippen LogP contribution in [-0.4, -0.2) is 17.1 Å². The third-order valence-corrected chi connectivity index (χ3v) is 3.65. The van der Waals surface area contributed by atoms with E-state index in [-0.39, 0.29) is 23.8 Å². The van der Waals surface area contributed by atoms with Gasteiger partial charge >= 0.3 is 5.69 Å². The van der Waals surface area contributed by atoms with Gasteiger partial charge in [0.2, 0.25) is 5.75 Å². The Morgan fingerprint density at radius 3 is 2.54 bits per heavy atom. The van der Waals surface area contributed by atoms with Crippen molar-refractivity contribution in [3.05, 3.63) is 63.7 Å². The number of nitrogens with zero attached hydrogens (tertiary/aromatic N) is 1. The average Bonchev–Trinajstić information content (AvgIpc) is 2.60. The molecular weight excluding hydrogens is 310 g/mol. The van der Waals surface area contributed by atoms with Crippen molar-refractivity contribution in [1.29, 1.82) is 0 Å². The van der Waals surface area contributed by atoms with Gasteiger partial charge in [0.15, 0.2) is 5.75 Å². The van der Waals surface area contributed by atoms with Gasteiger partial charge in [-0.1, -0.05) is 43.7 Å². The van der Waals surface area contributed by atoms with E-state index in [4.69, 9.17) is 9.47 Å². The van der Waals surface area contributed by atoms with Crippen molar-refractivity contribution in [3.63, 3.8) is 0 Å². The standard InChI is InChI=1S/C18H21NO5/c1-3-7-16(20)14-10-15(19(21)22)18(17(11-14)23-2)24-12-13-8-5-4-6-9-13/h4-6,8-11,16,20H,3,7,12H2,1-2H3. The summed E-state index contributed by atoms with van der Waals surface area (Å²) in [5.41, 5.74) is 1.13. The molecule has 128 valence electrons. The molecule has 0 saturated carbocycles. The molecule has 0 aliphatic heterocycles. The van der Waals surface area contributed by atoms with E-state index in [0.717, 1.165) is 12.0 Å². The number of nitro benzene ring substituents is 1. The molecule has 0 amide bonds. The highest BCUT2D eigenvalue weighted by Crippen LogP contribution is 2.40. The first-order valence-corrected chi connectivity index (χ1v) is 7.78. The molecule has 0 aromatic heterocycles. The van der Waals surface area contributed by atoms with E-state index in [2.05, 4.69) is 0 Å². The van der Waals surface area contributed by atoms with Crippen LogP contribution in [-0.2, 0) is 6.61 Å². The molecule has 2 aromatic carbocycles. The van der Waals surface area contributed by atoms with E-state index >= 15 is 0 Å². The number of methoxy groups -OCH3 is 1. The normalized spacial score (nSPS) is 11.8. The number of benzene rings is 2. The fourth-order valence-corrected chi connectivity index (χ4v) is 2.40. The molecule has 24 heavy (non-hydrogen) atoms. The summed E-state index contributed by atoms with van der Waals surface area (Å²) in [6.45, 7) is 2.13. The number of aliphatic hydroxyl groups is 1. The van der Waals surface area contributed by atoms with E-state index < -0.39 is 11.0 Å². The van der Waals surface area contributed by atoms with Gasteiger partial charge in [-0.15, -0.1) is 0 Å². The second-order valence-electron chi connectivity index (χ2n) is 5.41. The number of ether oxygens (including phenoxy) is 2. The van der Waals surface area contributed by atoms with Gasteiger partial charge in [0.25, 0.3) is 0 Å². The number of rotatable bonds is 8. The van der Waals surface area contributed by atoms with Crippen molar-refractivity contribution >= 4 is 5.69 Å². The Hall–Kier alpha value is -2.60. The molecule has 0 aliphatic rings. The third kappa shape index (κ3) is 4.23. The van der Waals surface area contributed by atoms with E-state index in [9.17, 15) is 15.2 Å². The fourth-order valence-electron chi connectivity index (χ4n) is 2.40. The van der Waals surface area contributed by atoms with Crippen molar-refractivity contribution in [2.45, 2.75) is 32.5 Å². The van der Waals surface area contributed by atoms with Crippen molar-refractivity contribution in [2.24, 2.45) is 0 Å². The fraction of sp³-hybridized carbons (Fsp3) is 0.333. The lowest BCUT2D eigenvalue weighted by atomic mass is 10.0.